The van der Waals surface area contributed by atoms with Crippen LogP contribution in [0.1, 0.15) is 33.5 Å². The van der Waals surface area contributed by atoms with Crippen LogP contribution in [0.25, 0.3) is 0 Å². The largest absolute Gasteiger partial charge is 0.466 e. The molecular formula is C11H19NO2. The zero-order chi connectivity index (χ0) is 10.8. The molecule has 80 valence electrons. The average molecular weight is 197 g/mol. The molecule has 14 heavy (non-hydrogen) atoms. The van der Waals surface area contributed by atoms with Gasteiger partial charge in [-0.25, -0.2) is 0 Å². The van der Waals surface area contributed by atoms with Crippen molar-refractivity contribution < 1.29 is 9.15 Å². The van der Waals surface area contributed by atoms with Crippen molar-refractivity contribution in [3.8, 4) is 0 Å². The fraction of sp³-hybridized carbons (Fsp3) is 0.636. The number of nitrogens with two attached hydrogens (primary N) is 1. The smallest absolute Gasteiger partial charge is 0.136 e. The third-order valence-electron chi connectivity index (χ3n) is 1.96. The highest BCUT2D eigenvalue weighted by molar-refractivity contribution is 5.09. The molecule has 0 saturated carbocycles. The number of ether oxygens (including phenoxy) is 1. The SMILES string of the molecule is CC(C)(C)OC(C)(CN)c1ccco1. The molecule has 1 unspecified atom stereocenters. The second kappa shape index (κ2) is 3.75. The molecule has 0 spiro atoms. The van der Waals surface area contributed by atoms with Crippen LogP contribution in [0, 0.1) is 0 Å². The normalized spacial score (nSPS) is 16.6. The van der Waals surface area contributed by atoms with Crippen LogP contribution < -0.4 is 5.73 Å². The van der Waals surface area contributed by atoms with Crippen LogP contribution in [-0.4, -0.2) is 12.1 Å². The molecule has 0 aromatic carbocycles. The van der Waals surface area contributed by atoms with Crippen molar-refractivity contribution in [3.63, 3.8) is 0 Å². The summed E-state index contributed by atoms with van der Waals surface area (Å²) in [5, 5.41) is 0. The molecule has 0 fully saturated rings. The van der Waals surface area contributed by atoms with E-state index in [2.05, 4.69) is 0 Å². The summed E-state index contributed by atoms with van der Waals surface area (Å²) in [5.74, 6) is 0.773. The van der Waals surface area contributed by atoms with Crippen LogP contribution in [0.4, 0.5) is 0 Å². The Morgan fingerprint density at radius 1 is 1.36 bits per heavy atom. The Morgan fingerprint density at radius 2 is 2.00 bits per heavy atom. The molecule has 3 heteroatoms. The third-order valence-corrected chi connectivity index (χ3v) is 1.96. The highest BCUT2D eigenvalue weighted by Crippen LogP contribution is 2.29. The van der Waals surface area contributed by atoms with Gasteiger partial charge in [-0.1, -0.05) is 0 Å². The molecule has 1 rings (SSSR count). The first-order valence-corrected chi connectivity index (χ1v) is 4.82. The molecule has 1 aromatic rings. The highest BCUT2D eigenvalue weighted by atomic mass is 16.5. The van der Waals surface area contributed by atoms with E-state index >= 15 is 0 Å². The van der Waals surface area contributed by atoms with Crippen molar-refractivity contribution in [1.82, 2.24) is 0 Å². The van der Waals surface area contributed by atoms with Crippen LogP contribution in [0.5, 0.6) is 0 Å². The van der Waals surface area contributed by atoms with Gasteiger partial charge >= 0.3 is 0 Å². The summed E-state index contributed by atoms with van der Waals surface area (Å²) in [5.41, 5.74) is 4.95. The van der Waals surface area contributed by atoms with Gasteiger partial charge in [0, 0.05) is 6.54 Å². The number of hydrogen-bond acceptors (Lipinski definition) is 3. The monoisotopic (exact) mass is 197 g/mol. The van der Waals surface area contributed by atoms with Crippen LogP contribution in [0.15, 0.2) is 22.8 Å². The Morgan fingerprint density at radius 3 is 2.36 bits per heavy atom. The lowest BCUT2D eigenvalue weighted by molar-refractivity contribution is -0.131. The Balaban J connectivity index is 2.88. The number of rotatable bonds is 3. The summed E-state index contributed by atoms with van der Waals surface area (Å²) in [6.45, 7) is 8.35. The lowest BCUT2D eigenvalue weighted by Crippen LogP contribution is -2.40. The van der Waals surface area contributed by atoms with E-state index in [4.69, 9.17) is 14.9 Å². The van der Waals surface area contributed by atoms with Gasteiger partial charge in [0.2, 0.25) is 0 Å². The van der Waals surface area contributed by atoms with E-state index < -0.39 is 5.60 Å². The standard InChI is InChI=1S/C11H19NO2/c1-10(2,3)14-11(4,8-12)9-6-5-7-13-9/h5-7H,8,12H2,1-4H3. The lowest BCUT2D eigenvalue weighted by atomic mass is 10.0. The molecule has 1 aromatic heterocycles. The summed E-state index contributed by atoms with van der Waals surface area (Å²) >= 11 is 0. The topological polar surface area (TPSA) is 48.4 Å². The van der Waals surface area contributed by atoms with Gasteiger partial charge in [-0.2, -0.15) is 0 Å². The van der Waals surface area contributed by atoms with Crippen LogP contribution in [-0.2, 0) is 10.3 Å². The Labute approximate surface area is 85.2 Å². The van der Waals surface area contributed by atoms with Crippen molar-refractivity contribution >= 4 is 0 Å². The predicted molar refractivity (Wildman–Crippen MR) is 56.0 cm³/mol. The molecule has 0 bridgehead atoms. The molecule has 1 heterocycles. The van der Waals surface area contributed by atoms with Gasteiger partial charge in [-0.3, -0.25) is 0 Å². The molecule has 0 radical (unpaired) electrons. The molecule has 0 aliphatic carbocycles. The van der Waals surface area contributed by atoms with Gasteiger partial charge in [0.1, 0.15) is 11.4 Å². The van der Waals surface area contributed by atoms with Crippen LogP contribution >= 0.6 is 0 Å². The maximum Gasteiger partial charge on any atom is 0.136 e. The Hall–Kier alpha value is -0.800. The Bertz CT molecular complexity index is 274. The van der Waals surface area contributed by atoms with Gasteiger partial charge in [-0.05, 0) is 39.8 Å². The van der Waals surface area contributed by atoms with E-state index in [0.29, 0.717) is 6.54 Å². The van der Waals surface area contributed by atoms with E-state index in [0.717, 1.165) is 5.76 Å². The summed E-state index contributed by atoms with van der Waals surface area (Å²) in [4.78, 5) is 0. The number of hydrogen-bond donors (Lipinski definition) is 1. The molecular weight excluding hydrogens is 178 g/mol. The van der Waals surface area contributed by atoms with Crippen LogP contribution in [0.2, 0.25) is 0 Å². The van der Waals surface area contributed by atoms with E-state index in [9.17, 15) is 0 Å². The zero-order valence-corrected chi connectivity index (χ0v) is 9.33. The summed E-state index contributed by atoms with van der Waals surface area (Å²) in [7, 11) is 0. The predicted octanol–water partition coefficient (Wildman–Crippen LogP) is 2.27. The summed E-state index contributed by atoms with van der Waals surface area (Å²) in [6.07, 6.45) is 1.63. The minimum absolute atomic E-state index is 0.235. The molecule has 0 aliphatic rings. The fourth-order valence-corrected chi connectivity index (χ4v) is 1.45. The fourth-order valence-electron chi connectivity index (χ4n) is 1.45. The first kappa shape index (κ1) is 11.3. The van der Waals surface area contributed by atoms with E-state index in [1.54, 1.807) is 6.26 Å². The van der Waals surface area contributed by atoms with Crippen molar-refractivity contribution in [1.29, 1.82) is 0 Å². The molecule has 1 atom stereocenters. The van der Waals surface area contributed by atoms with Gasteiger partial charge in [0.15, 0.2) is 0 Å². The van der Waals surface area contributed by atoms with Gasteiger partial charge in [0.25, 0.3) is 0 Å². The molecule has 2 N–H and O–H groups in total. The molecule has 0 saturated heterocycles. The average Bonchev–Trinajstić information content (AvgIpc) is 2.53. The first-order valence-electron chi connectivity index (χ1n) is 4.82. The second-order valence-corrected chi connectivity index (χ2v) is 4.63. The van der Waals surface area contributed by atoms with Crippen molar-refractivity contribution in [2.75, 3.05) is 6.54 Å². The summed E-state index contributed by atoms with van der Waals surface area (Å²) in [6, 6.07) is 3.73. The van der Waals surface area contributed by atoms with Crippen molar-refractivity contribution in [2.24, 2.45) is 5.73 Å². The minimum Gasteiger partial charge on any atom is -0.466 e. The first-order chi connectivity index (χ1) is 6.37. The molecule has 0 amide bonds. The number of furan rings is 1. The molecule has 0 aliphatic heterocycles. The van der Waals surface area contributed by atoms with Gasteiger partial charge < -0.3 is 14.9 Å². The summed E-state index contributed by atoms with van der Waals surface area (Å²) < 4.78 is 11.2. The van der Waals surface area contributed by atoms with Gasteiger partial charge in [-0.15, -0.1) is 0 Å². The second-order valence-electron chi connectivity index (χ2n) is 4.63. The van der Waals surface area contributed by atoms with Crippen molar-refractivity contribution in [3.05, 3.63) is 24.2 Å². The quantitative estimate of drug-likeness (QED) is 0.808. The van der Waals surface area contributed by atoms with Crippen molar-refractivity contribution in [2.45, 2.75) is 38.9 Å². The third kappa shape index (κ3) is 2.59. The zero-order valence-electron chi connectivity index (χ0n) is 9.33. The van der Waals surface area contributed by atoms with E-state index in [-0.39, 0.29) is 5.60 Å². The van der Waals surface area contributed by atoms with E-state index in [1.807, 2.05) is 39.8 Å². The maximum absolute atomic E-state index is 5.90. The Kier molecular flexibility index (Phi) is 3.02. The lowest BCUT2D eigenvalue weighted by Gasteiger charge is -2.34. The van der Waals surface area contributed by atoms with Crippen LogP contribution in [0.3, 0.4) is 0 Å². The highest BCUT2D eigenvalue weighted by Gasteiger charge is 2.33. The van der Waals surface area contributed by atoms with Gasteiger partial charge in [0.05, 0.1) is 11.9 Å². The maximum atomic E-state index is 5.90. The minimum atomic E-state index is -0.540. The van der Waals surface area contributed by atoms with E-state index in [1.165, 1.54) is 0 Å². The molecule has 3 nitrogen and oxygen atoms in total.